The number of aromatic carboxylic acids is 1. The Labute approximate surface area is 164 Å². The summed E-state index contributed by atoms with van der Waals surface area (Å²) in [4.78, 5) is 13.9. The van der Waals surface area contributed by atoms with Crippen molar-refractivity contribution in [3.05, 3.63) is 71.8 Å². The Morgan fingerprint density at radius 2 is 1.93 bits per heavy atom. The highest BCUT2D eigenvalue weighted by Crippen LogP contribution is 2.31. The van der Waals surface area contributed by atoms with E-state index in [0.29, 0.717) is 5.56 Å². The average molecular weight is 376 g/mol. The van der Waals surface area contributed by atoms with Gasteiger partial charge in [0, 0.05) is 13.6 Å². The summed E-state index contributed by atoms with van der Waals surface area (Å²) in [6.45, 7) is 1.89. The fourth-order valence-corrected chi connectivity index (χ4v) is 4.01. The van der Waals surface area contributed by atoms with Gasteiger partial charge in [-0.2, -0.15) is 0 Å². The summed E-state index contributed by atoms with van der Waals surface area (Å²) in [6.07, 6.45) is 5.25. The van der Waals surface area contributed by atoms with E-state index in [9.17, 15) is 9.90 Å². The molecule has 6 heteroatoms. The van der Waals surface area contributed by atoms with Gasteiger partial charge in [-0.3, -0.25) is 4.90 Å². The van der Waals surface area contributed by atoms with Crippen LogP contribution in [0.25, 0.3) is 11.1 Å². The molecule has 144 valence electrons. The molecule has 1 N–H and O–H groups in total. The van der Waals surface area contributed by atoms with E-state index in [-0.39, 0.29) is 6.04 Å². The molecule has 1 fully saturated rings. The van der Waals surface area contributed by atoms with Crippen LogP contribution < -0.4 is 0 Å². The zero-order valence-electron chi connectivity index (χ0n) is 16.0. The van der Waals surface area contributed by atoms with E-state index >= 15 is 0 Å². The van der Waals surface area contributed by atoms with E-state index in [4.69, 9.17) is 0 Å². The molecule has 1 aliphatic heterocycles. The van der Waals surface area contributed by atoms with Gasteiger partial charge in [0.05, 0.1) is 11.6 Å². The minimum absolute atomic E-state index is 0.286. The van der Waals surface area contributed by atoms with E-state index in [1.54, 1.807) is 18.5 Å². The standard InChI is InChI=1S/C22H24N4O2/c1-25-15-23-24-21(25)20-8-4-5-13-26(20)14-16-9-11-17(12-10-16)18-6-2-3-7-19(18)22(27)28/h2-3,6-7,9-12,15,20H,4-5,8,13-14H2,1H3,(H,27,28). The highest BCUT2D eigenvalue weighted by Gasteiger charge is 2.27. The van der Waals surface area contributed by atoms with Crippen LogP contribution in [-0.2, 0) is 13.6 Å². The summed E-state index contributed by atoms with van der Waals surface area (Å²) < 4.78 is 2.01. The summed E-state index contributed by atoms with van der Waals surface area (Å²) >= 11 is 0. The molecule has 0 spiro atoms. The summed E-state index contributed by atoms with van der Waals surface area (Å²) in [5.74, 6) is 0.117. The number of benzene rings is 2. The number of rotatable bonds is 5. The second-order valence-electron chi connectivity index (χ2n) is 7.33. The molecule has 1 atom stereocenters. The molecule has 1 aliphatic rings. The number of carboxylic acid groups (broad SMARTS) is 1. The Morgan fingerprint density at radius 1 is 1.14 bits per heavy atom. The molecular formula is C22H24N4O2. The van der Waals surface area contributed by atoms with Crippen LogP contribution in [0, 0.1) is 0 Å². The molecule has 0 aliphatic carbocycles. The van der Waals surface area contributed by atoms with E-state index in [1.807, 2.05) is 35.9 Å². The lowest BCUT2D eigenvalue weighted by molar-refractivity contribution is 0.0697. The molecule has 6 nitrogen and oxygen atoms in total. The van der Waals surface area contributed by atoms with Gasteiger partial charge in [0.15, 0.2) is 0 Å². The molecule has 0 radical (unpaired) electrons. The van der Waals surface area contributed by atoms with Gasteiger partial charge >= 0.3 is 5.97 Å². The first-order valence-electron chi connectivity index (χ1n) is 9.63. The number of piperidine rings is 1. The Kier molecular flexibility index (Phi) is 5.21. The van der Waals surface area contributed by atoms with Crippen LogP contribution in [0.1, 0.15) is 47.1 Å². The van der Waals surface area contributed by atoms with Gasteiger partial charge < -0.3 is 9.67 Å². The number of hydrogen-bond donors (Lipinski definition) is 1. The lowest BCUT2D eigenvalue weighted by Gasteiger charge is -2.35. The quantitative estimate of drug-likeness (QED) is 0.731. The summed E-state index contributed by atoms with van der Waals surface area (Å²) in [5, 5.41) is 17.8. The smallest absolute Gasteiger partial charge is 0.336 e. The number of nitrogens with zero attached hydrogens (tertiary/aromatic N) is 4. The Morgan fingerprint density at radius 3 is 2.64 bits per heavy atom. The van der Waals surface area contributed by atoms with Gasteiger partial charge in [-0.05, 0) is 42.1 Å². The molecule has 1 unspecified atom stereocenters. The third-order valence-corrected chi connectivity index (χ3v) is 5.47. The second-order valence-corrected chi connectivity index (χ2v) is 7.33. The van der Waals surface area contributed by atoms with Crippen molar-refractivity contribution in [2.45, 2.75) is 31.8 Å². The monoisotopic (exact) mass is 376 g/mol. The molecule has 2 aromatic carbocycles. The number of aryl methyl sites for hydroxylation is 1. The number of likely N-dealkylation sites (tertiary alicyclic amines) is 1. The van der Waals surface area contributed by atoms with Gasteiger partial charge in [0.2, 0.25) is 0 Å². The van der Waals surface area contributed by atoms with Gasteiger partial charge in [-0.25, -0.2) is 4.79 Å². The van der Waals surface area contributed by atoms with Crippen molar-refractivity contribution in [3.63, 3.8) is 0 Å². The second kappa shape index (κ2) is 7.94. The Hall–Kier alpha value is -2.99. The van der Waals surface area contributed by atoms with Crippen LogP contribution in [-0.4, -0.2) is 37.3 Å². The molecule has 3 aromatic rings. The van der Waals surface area contributed by atoms with E-state index in [0.717, 1.165) is 36.5 Å². The summed E-state index contributed by atoms with van der Waals surface area (Å²) in [5.41, 5.74) is 3.21. The SMILES string of the molecule is Cn1cnnc1C1CCCCN1Cc1ccc(-c2ccccc2C(=O)O)cc1. The molecular weight excluding hydrogens is 352 g/mol. The molecule has 2 heterocycles. The number of hydrogen-bond acceptors (Lipinski definition) is 4. The highest BCUT2D eigenvalue weighted by molar-refractivity contribution is 5.95. The zero-order chi connectivity index (χ0) is 19.5. The van der Waals surface area contributed by atoms with Crippen molar-refractivity contribution in [1.29, 1.82) is 0 Å². The predicted octanol–water partition coefficient (Wildman–Crippen LogP) is 3.91. The molecule has 0 amide bonds. The molecule has 1 saturated heterocycles. The molecule has 0 bridgehead atoms. The third kappa shape index (κ3) is 3.68. The maximum atomic E-state index is 11.5. The number of carbonyl (C=O) groups is 1. The lowest BCUT2D eigenvalue weighted by Crippen LogP contribution is -2.34. The van der Waals surface area contributed by atoms with Crippen LogP contribution in [0.3, 0.4) is 0 Å². The van der Waals surface area contributed by atoms with Crippen LogP contribution in [0.4, 0.5) is 0 Å². The first-order valence-corrected chi connectivity index (χ1v) is 9.63. The molecule has 1 aromatic heterocycles. The minimum atomic E-state index is -0.903. The maximum absolute atomic E-state index is 11.5. The largest absolute Gasteiger partial charge is 0.478 e. The predicted molar refractivity (Wildman–Crippen MR) is 107 cm³/mol. The molecule has 0 saturated carbocycles. The summed E-state index contributed by atoms with van der Waals surface area (Å²) in [7, 11) is 2.00. The van der Waals surface area contributed by atoms with Gasteiger partial charge in [-0.1, -0.05) is 48.9 Å². The zero-order valence-corrected chi connectivity index (χ0v) is 16.0. The topological polar surface area (TPSA) is 71.2 Å². The van der Waals surface area contributed by atoms with Gasteiger partial charge in [0.1, 0.15) is 12.2 Å². The van der Waals surface area contributed by atoms with Crippen molar-refractivity contribution in [2.75, 3.05) is 6.54 Å². The molecule has 28 heavy (non-hydrogen) atoms. The normalized spacial score (nSPS) is 17.5. The first kappa shape index (κ1) is 18.4. The van der Waals surface area contributed by atoms with Gasteiger partial charge in [0.25, 0.3) is 0 Å². The van der Waals surface area contributed by atoms with E-state index < -0.39 is 5.97 Å². The van der Waals surface area contributed by atoms with Crippen molar-refractivity contribution in [2.24, 2.45) is 7.05 Å². The third-order valence-electron chi connectivity index (χ3n) is 5.47. The number of carboxylic acids is 1. The Bertz CT molecular complexity index is 965. The lowest BCUT2D eigenvalue weighted by atomic mass is 9.97. The van der Waals surface area contributed by atoms with Crippen LogP contribution >= 0.6 is 0 Å². The van der Waals surface area contributed by atoms with Crippen molar-refractivity contribution in [1.82, 2.24) is 19.7 Å². The Balaban J connectivity index is 1.54. The minimum Gasteiger partial charge on any atom is -0.478 e. The first-order chi connectivity index (χ1) is 13.6. The average Bonchev–Trinajstić information content (AvgIpc) is 3.15. The fraction of sp³-hybridized carbons (Fsp3) is 0.318. The van der Waals surface area contributed by atoms with Crippen LogP contribution in [0.2, 0.25) is 0 Å². The maximum Gasteiger partial charge on any atom is 0.336 e. The van der Waals surface area contributed by atoms with Crippen molar-refractivity contribution in [3.8, 4) is 11.1 Å². The van der Waals surface area contributed by atoms with Crippen LogP contribution in [0.15, 0.2) is 54.9 Å². The fourth-order valence-electron chi connectivity index (χ4n) is 4.01. The van der Waals surface area contributed by atoms with Crippen molar-refractivity contribution < 1.29 is 9.90 Å². The number of aromatic nitrogens is 3. The van der Waals surface area contributed by atoms with Crippen molar-refractivity contribution >= 4 is 5.97 Å². The van der Waals surface area contributed by atoms with E-state index in [1.165, 1.54) is 18.4 Å². The van der Waals surface area contributed by atoms with Crippen LogP contribution in [0.5, 0.6) is 0 Å². The highest BCUT2D eigenvalue weighted by atomic mass is 16.4. The summed E-state index contributed by atoms with van der Waals surface area (Å²) in [6, 6.07) is 15.6. The molecule has 4 rings (SSSR count). The van der Waals surface area contributed by atoms with Gasteiger partial charge in [-0.15, -0.1) is 10.2 Å². The van der Waals surface area contributed by atoms with E-state index in [2.05, 4.69) is 27.2 Å².